The molecule has 2 aromatic heterocycles. The maximum Gasteiger partial charge on any atom is 0.231 e. The van der Waals surface area contributed by atoms with Crippen molar-refractivity contribution in [2.75, 3.05) is 19.6 Å². The summed E-state index contributed by atoms with van der Waals surface area (Å²) < 4.78 is 15.5. The van der Waals surface area contributed by atoms with E-state index in [1.807, 2.05) is 41.7 Å². The summed E-state index contributed by atoms with van der Waals surface area (Å²) in [4.78, 5) is 27.1. The number of nitrogens with zero attached hydrogens (tertiary/aromatic N) is 5. The lowest BCUT2D eigenvalue weighted by Gasteiger charge is -2.28. The summed E-state index contributed by atoms with van der Waals surface area (Å²) in [7, 11) is 0. The van der Waals surface area contributed by atoms with E-state index in [1.54, 1.807) is 6.20 Å². The zero-order chi connectivity index (χ0) is 23.0. The van der Waals surface area contributed by atoms with E-state index in [4.69, 9.17) is 4.98 Å². The van der Waals surface area contributed by atoms with Gasteiger partial charge in [0.05, 0.1) is 17.4 Å². The van der Waals surface area contributed by atoms with Gasteiger partial charge in [0.2, 0.25) is 5.91 Å². The summed E-state index contributed by atoms with van der Waals surface area (Å²) in [6.45, 7) is 7.73. The third-order valence-electron chi connectivity index (χ3n) is 7.14. The van der Waals surface area contributed by atoms with Gasteiger partial charge in [-0.05, 0) is 49.6 Å². The molecule has 5 rings (SSSR count). The number of hydrogen-bond donors (Lipinski definition) is 0. The lowest BCUT2D eigenvalue weighted by molar-refractivity contribution is -0.136. The number of likely N-dealkylation sites (tertiary alicyclic amines) is 2. The Hall–Kier alpha value is -3.06. The number of amides is 1. The highest BCUT2D eigenvalue weighted by Gasteiger charge is 2.57. The van der Waals surface area contributed by atoms with Gasteiger partial charge in [-0.2, -0.15) is 0 Å². The van der Waals surface area contributed by atoms with Crippen LogP contribution >= 0.6 is 0 Å². The Bertz CT molecular complexity index is 1110. The number of hydrogen-bond acceptors (Lipinski definition) is 4. The molecule has 3 aromatic rings. The fourth-order valence-electron chi connectivity index (χ4n) is 5.36. The van der Waals surface area contributed by atoms with Crippen LogP contribution in [0.4, 0.5) is 4.39 Å². The van der Waals surface area contributed by atoms with Crippen LogP contribution in [-0.2, 0) is 17.9 Å². The van der Waals surface area contributed by atoms with Gasteiger partial charge >= 0.3 is 0 Å². The van der Waals surface area contributed by atoms with Gasteiger partial charge < -0.3 is 9.47 Å². The molecule has 2 aliphatic heterocycles. The number of benzene rings is 1. The topological polar surface area (TPSA) is 54.3 Å². The first-order valence-corrected chi connectivity index (χ1v) is 11.6. The number of carbonyl (C=O) groups is 1. The van der Waals surface area contributed by atoms with Crippen molar-refractivity contribution in [3.63, 3.8) is 0 Å². The highest BCUT2D eigenvalue weighted by atomic mass is 19.1. The van der Waals surface area contributed by atoms with E-state index in [0.29, 0.717) is 25.7 Å². The fourth-order valence-corrected chi connectivity index (χ4v) is 5.36. The van der Waals surface area contributed by atoms with Crippen molar-refractivity contribution in [2.24, 2.45) is 5.41 Å². The molecule has 2 aliphatic rings. The SMILES string of the molecule is CC(C)n1cnc([C@H]2CN(Cc3ccc(F)cc3)C[C@]23CCN(Cc2cccnc2)C3=O)c1. The van der Waals surface area contributed by atoms with Crippen molar-refractivity contribution in [3.05, 3.63) is 84.0 Å². The van der Waals surface area contributed by atoms with E-state index in [2.05, 4.69) is 34.5 Å². The van der Waals surface area contributed by atoms with Crippen molar-refractivity contribution < 1.29 is 9.18 Å². The van der Waals surface area contributed by atoms with E-state index in [9.17, 15) is 9.18 Å². The molecule has 6 nitrogen and oxygen atoms in total. The molecule has 0 aliphatic carbocycles. The summed E-state index contributed by atoms with van der Waals surface area (Å²) in [5.41, 5.74) is 2.60. The molecule has 2 fully saturated rings. The van der Waals surface area contributed by atoms with Crippen LogP contribution in [0.3, 0.4) is 0 Å². The average molecular weight is 448 g/mol. The monoisotopic (exact) mass is 447 g/mol. The third kappa shape index (κ3) is 4.17. The summed E-state index contributed by atoms with van der Waals surface area (Å²) in [5.74, 6) is 0.00663. The maximum atomic E-state index is 13.9. The molecule has 4 heterocycles. The molecule has 0 radical (unpaired) electrons. The van der Waals surface area contributed by atoms with Crippen LogP contribution in [-0.4, -0.2) is 49.9 Å². The second kappa shape index (κ2) is 8.71. The molecule has 0 saturated carbocycles. The van der Waals surface area contributed by atoms with Crippen LogP contribution in [0.2, 0.25) is 0 Å². The lowest BCUT2D eigenvalue weighted by atomic mass is 9.75. The number of halogens is 1. The predicted octanol–water partition coefficient (Wildman–Crippen LogP) is 4.02. The van der Waals surface area contributed by atoms with E-state index >= 15 is 0 Å². The lowest BCUT2D eigenvalue weighted by Crippen LogP contribution is -2.39. The number of rotatable bonds is 6. The van der Waals surface area contributed by atoms with Gasteiger partial charge in [-0.15, -0.1) is 0 Å². The van der Waals surface area contributed by atoms with Crippen LogP contribution in [0.1, 0.15) is 49.0 Å². The quantitative estimate of drug-likeness (QED) is 0.573. The van der Waals surface area contributed by atoms with Gasteiger partial charge in [-0.1, -0.05) is 18.2 Å². The van der Waals surface area contributed by atoms with E-state index in [1.165, 1.54) is 12.1 Å². The molecule has 1 aromatic carbocycles. The van der Waals surface area contributed by atoms with Crippen LogP contribution in [0.15, 0.2) is 61.3 Å². The zero-order valence-corrected chi connectivity index (χ0v) is 19.2. The van der Waals surface area contributed by atoms with Crippen molar-refractivity contribution >= 4 is 5.91 Å². The average Bonchev–Trinajstić information content (AvgIpc) is 3.51. The van der Waals surface area contributed by atoms with E-state index < -0.39 is 5.41 Å². The predicted molar refractivity (Wildman–Crippen MR) is 124 cm³/mol. The summed E-state index contributed by atoms with van der Waals surface area (Å²) in [5, 5.41) is 0. The summed E-state index contributed by atoms with van der Waals surface area (Å²) in [6.07, 6.45) is 8.38. The highest BCUT2D eigenvalue weighted by Crippen LogP contribution is 2.50. The maximum absolute atomic E-state index is 13.9. The zero-order valence-electron chi connectivity index (χ0n) is 19.2. The van der Waals surface area contributed by atoms with Crippen molar-refractivity contribution in [3.8, 4) is 0 Å². The standard InChI is InChI=1S/C26H30FN5O/c1-19(2)32-16-24(29-18-32)23-15-30(13-20-5-7-22(27)8-6-20)17-26(23)9-11-31(25(26)33)14-21-4-3-10-28-12-21/h3-8,10,12,16,18-19,23H,9,11,13-15,17H2,1-2H3/t23-,26-/m1/s1. The van der Waals surface area contributed by atoms with E-state index in [-0.39, 0.29) is 17.6 Å². The molecular formula is C26H30FN5O. The Balaban J connectivity index is 1.42. The normalized spacial score (nSPS) is 23.3. The Morgan fingerprint density at radius 2 is 1.97 bits per heavy atom. The molecule has 1 amide bonds. The Kier molecular flexibility index (Phi) is 5.74. The van der Waals surface area contributed by atoms with Gasteiger partial charge in [0, 0.05) is 63.3 Å². The van der Waals surface area contributed by atoms with Crippen LogP contribution in [0.5, 0.6) is 0 Å². The first-order valence-electron chi connectivity index (χ1n) is 11.6. The van der Waals surface area contributed by atoms with Gasteiger partial charge in [-0.3, -0.25) is 14.7 Å². The third-order valence-corrected chi connectivity index (χ3v) is 7.14. The first-order chi connectivity index (χ1) is 15.9. The number of imidazole rings is 1. The molecule has 0 N–H and O–H groups in total. The van der Waals surface area contributed by atoms with Gasteiger partial charge in [-0.25, -0.2) is 9.37 Å². The molecule has 0 bridgehead atoms. The molecule has 33 heavy (non-hydrogen) atoms. The minimum atomic E-state index is -0.488. The van der Waals surface area contributed by atoms with Gasteiger partial charge in [0.1, 0.15) is 5.82 Å². The Morgan fingerprint density at radius 1 is 1.15 bits per heavy atom. The molecule has 2 atom stereocenters. The van der Waals surface area contributed by atoms with Crippen LogP contribution in [0, 0.1) is 11.2 Å². The minimum Gasteiger partial charge on any atom is -0.338 e. The molecule has 2 saturated heterocycles. The highest BCUT2D eigenvalue weighted by molar-refractivity contribution is 5.86. The molecule has 172 valence electrons. The van der Waals surface area contributed by atoms with Gasteiger partial charge in [0.15, 0.2) is 0 Å². The second-order valence-corrected chi connectivity index (χ2v) is 9.68. The number of aromatic nitrogens is 3. The van der Waals surface area contributed by atoms with Crippen molar-refractivity contribution in [2.45, 2.75) is 45.3 Å². The first kappa shape index (κ1) is 21.8. The molecular weight excluding hydrogens is 417 g/mol. The van der Waals surface area contributed by atoms with Crippen LogP contribution in [0.25, 0.3) is 0 Å². The molecule has 0 unspecified atom stereocenters. The number of carbonyl (C=O) groups excluding carboxylic acids is 1. The molecule has 7 heteroatoms. The molecule has 1 spiro atoms. The van der Waals surface area contributed by atoms with Crippen molar-refractivity contribution in [1.82, 2.24) is 24.3 Å². The van der Waals surface area contributed by atoms with Crippen molar-refractivity contribution in [1.29, 1.82) is 0 Å². The minimum absolute atomic E-state index is 0.0318. The Morgan fingerprint density at radius 3 is 2.67 bits per heavy atom. The number of pyridine rings is 1. The summed E-state index contributed by atoms with van der Waals surface area (Å²) >= 11 is 0. The van der Waals surface area contributed by atoms with Gasteiger partial charge in [0.25, 0.3) is 0 Å². The fraction of sp³-hybridized carbons (Fsp3) is 0.423. The largest absolute Gasteiger partial charge is 0.338 e. The van der Waals surface area contributed by atoms with Crippen LogP contribution < -0.4 is 0 Å². The Labute approximate surface area is 194 Å². The summed E-state index contributed by atoms with van der Waals surface area (Å²) in [6, 6.07) is 10.9. The smallest absolute Gasteiger partial charge is 0.231 e. The van der Waals surface area contributed by atoms with E-state index in [0.717, 1.165) is 36.3 Å². The second-order valence-electron chi connectivity index (χ2n) is 9.68.